The van der Waals surface area contributed by atoms with Crippen LogP contribution >= 0.6 is 0 Å². The van der Waals surface area contributed by atoms with Crippen LogP contribution in [0.1, 0.15) is 128 Å². The number of hydrogen-bond donors (Lipinski definition) is 0. The molecule has 0 amide bonds. The molecule has 0 aromatic carbocycles. The Kier molecular flexibility index (Phi) is 21.1. The normalized spacial score (nSPS) is 11.1. The van der Waals surface area contributed by atoms with Crippen LogP contribution < -0.4 is 0 Å². The highest BCUT2D eigenvalue weighted by Gasteiger charge is 2.15. The number of methoxy groups -OCH3 is 1. The molecule has 0 aliphatic rings. The zero-order valence-electron chi connectivity index (χ0n) is 25.0. The third-order valence-electron chi connectivity index (χ3n) is 4.52. The van der Waals surface area contributed by atoms with Gasteiger partial charge in [0, 0.05) is 48.9 Å². The van der Waals surface area contributed by atoms with Crippen molar-refractivity contribution in [1.82, 2.24) is 19.9 Å². The van der Waals surface area contributed by atoms with Crippen LogP contribution in [-0.4, -0.2) is 33.7 Å². The largest absolute Gasteiger partial charge is 0.384 e. The van der Waals surface area contributed by atoms with Crippen molar-refractivity contribution in [1.29, 1.82) is 0 Å². The van der Waals surface area contributed by atoms with Crippen molar-refractivity contribution in [3.05, 3.63) is 48.1 Å². The topological polar surface area (TPSA) is 60.8 Å². The lowest BCUT2D eigenvalue weighted by molar-refractivity contribution is 0.116. The average molecular weight is 507 g/mol. The van der Waals surface area contributed by atoms with Gasteiger partial charge in [-0.25, -0.2) is 0 Å². The van der Waals surface area contributed by atoms with E-state index in [-0.39, 0.29) is 25.7 Å². The number of ether oxygens (including phenoxy) is 1. The molecule has 0 aliphatic carbocycles. The van der Waals surface area contributed by atoms with Gasteiger partial charge in [0.25, 0.3) is 0 Å². The summed E-state index contributed by atoms with van der Waals surface area (Å²) in [5.41, 5.74) is 4.15. The molecule has 0 radical (unpaired) electrons. The summed E-state index contributed by atoms with van der Waals surface area (Å²) in [6, 6.07) is 0. The predicted octanol–water partition coefficient (Wildman–Crippen LogP) is 9.25. The van der Waals surface area contributed by atoms with Gasteiger partial charge >= 0.3 is 0 Å². The van der Waals surface area contributed by atoms with Gasteiger partial charge in [-0.1, -0.05) is 111 Å². The average Bonchev–Trinajstić information content (AvgIpc) is 2.68. The predicted molar refractivity (Wildman–Crippen MR) is 161 cm³/mol. The van der Waals surface area contributed by atoms with E-state index in [0.717, 1.165) is 23.7 Å². The summed E-state index contributed by atoms with van der Waals surface area (Å²) < 4.78 is 4.91. The molecule has 0 spiro atoms. The molecule has 2 aromatic rings. The molecule has 0 bridgehead atoms. The van der Waals surface area contributed by atoms with Gasteiger partial charge < -0.3 is 4.74 Å². The van der Waals surface area contributed by atoms with E-state index < -0.39 is 0 Å². The van der Waals surface area contributed by atoms with Crippen LogP contribution in [0, 0.1) is 17.8 Å². The minimum atomic E-state index is 0. The van der Waals surface area contributed by atoms with Crippen LogP contribution in [0.2, 0.25) is 0 Å². The minimum Gasteiger partial charge on any atom is -0.384 e. The summed E-state index contributed by atoms with van der Waals surface area (Å²) in [7, 11) is 1.73. The maximum atomic E-state index is 4.91. The maximum absolute atomic E-state index is 4.91. The second kappa shape index (κ2) is 18.4. The Balaban J connectivity index is -0.000000192. The highest BCUT2D eigenvalue weighted by molar-refractivity contribution is 5.10. The molecule has 2 aromatic heterocycles. The smallest absolute Gasteiger partial charge is 0.0640 e. The van der Waals surface area contributed by atoms with Crippen LogP contribution in [0.3, 0.4) is 0 Å². The maximum Gasteiger partial charge on any atom is 0.0640 e. The Morgan fingerprint density at radius 2 is 1.08 bits per heavy atom. The van der Waals surface area contributed by atoms with E-state index >= 15 is 0 Å². The first-order chi connectivity index (χ1) is 15.2. The highest BCUT2D eigenvalue weighted by atomic mass is 16.5. The quantitative estimate of drug-likeness (QED) is 0.385. The molecule has 212 valence electrons. The second-order valence-corrected chi connectivity index (χ2v) is 13.0. The molecule has 0 atom stereocenters. The molecule has 0 N–H and O–H groups in total. The number of aromatic nitrogens is 4. The van der Waals surface area contributed by atoms with Crippen molar-refractivity contribution >= 4 is 0 Å². The van der Waals surface area contributed by atoms with Gasteiger partial charge in [-0.05, 0) is 17.8 Å². The minimum absolute atomic E-state index is 0. The number of nitrogens with zero attached hydrogens (tertiary/aromatic N) is 4. The molecule has 5 heteroatoms. The van der Waals surface area contributed by atoms with Crippen molar-refractivity contribution in [2.45, 2.75) is 129 Å². The molecule has 0 saturated heterocycles. The van der Waals surface area contributed by atoms with Crippen molar-refractivity contribution in [3.63, 3.8) is 0 Å². The first-order valence-corrected chi connectivity index (χ1v) is 12.3. The van der Waals surface area contributed by atoms with Gasteiger partial charge in [-0.2, -0.15) is 0 Å². The fourth-order valence-corrected chi connectivity index (χ4v) is 1.90. The monoisotopic (exact) mass is 506 g/mol. The Morgan fingerprint density at radius 3 is 1.28 bits per heavy atom. The van der Waals surface area contributed by atoms with Gasteiger partial charge in [-0.15, -0.1) is 0 Å². The lowest BCUT2D eigenvalue weighted by atomic mass is 9.93. The van der Waals surface area contributed by atoms with E-state index in [1.165, 1.54) is 6.42 Å². The summed E-state index contributed by atoms with van der Waals surface area (Å²) in [6.45, 7) is 30.9. The summed E-state index contributed by atoms with van der Waals surface area (Å²) in [5.74, 6) is 0. The first kappa shape index (κ1) is 41.3. The van der Waals surface area contributed by atoms with E-state index in [1.807, 2.05) is 13.1 Å². The lowest BCUT2D eigenvalue weighted by Gasteiger charge is -2.16. The third-order valence-corrected chi connectivity index (χ3v) is 4.52. The van der Waals surface area contributed by atoms with Gasteiger partial charge in [0.1, 0.15) is 0 Å². The molecule has 0 saturated carbocycles. The lowest BCUT2D eigenvalue weighted by Crippen LogP contribution is -2.13. The number of rotatable bonds is 1. The number of aryl methyl sites for hydroxylation is 1. The summed E-state index contributed by atoms with van der Waals surface area (Å²) in [6.07, 6.45) is 10.1. The molecular formula is C31H62N4O. The molecule has 0 unspecified atom stereocenters. The molecule has 0 fully saturated rings. The third kappa shape index (κ3) is 25.2. The Morgan fingerprint density at radius 1 is 0.639 bits per heavy atom. The fourth-order valence-electron chi connectivity index (χ4n) is 1.90. The first-order valence-electron chi connectivity index (χ1n) is 12.3. The van der Waals surface area contributed by atoms with E-state index in [4.69, 9.17) is 4.74 Å². The molecule has 0 aliphatic heterocycles. The molecular weight excluding hydrogens is 444 g/mol. The fraction of sp³-hybridized carbons (Fsp3) is 0.742. The van der Waals surface area contributed by atoms with Crippen molar-refractivity contribution < 1.29 is 4.74 Å². The Hall–Kier alpha value is -1.88. The molecule has 2 rings (SSSR count). The Bertz CT molecular complexity index is 745. The summed E-state index contributed by atoms with van der Waals surface area (Å²) >= 11 is 0. The van der Waals surface area contributed by atoms with E-state index in [0.29, 0.717) is 10.8 Å². The van der Waals surface area contributed by atoms with Crippen LogP contribution in [0.25, 0.3) is 0 Å². The molecule has 5 nitrogen and oxygen atoms in total. The van der Waals surface area contributed by atoms with Crippen molar-refractivity contribution in [3.8, 4) is 0 Å². The van der Waals surface area contributed by atoms with Crippen LogP contribution in [0.15, 0.2) is 31.0 Å². The summed E-state index contributed by atoms with van der Waals surface area (Å²) in [5, 5.41) is 0. The zero-order chi connectivity index (χ0) is 27.2. The van der Waals surface area contributed by atoms with Crippen LogP contribution in [-0.2, 0) is 15.6 Å². The second-order valence-electron chi connectivity index (χ2n) is 13.0. The van der Waals surface area contributed by atoms with Gasteiger partial charge in [0.05, 0.1) is 23.7 Å². The zero-order valence-corrected chi connectivity index (χ0v) is 25.0. The van der Waals surface area contributed by atoms with Crippen LogP contribution in [0.5, 0.6) is 0 Å². The number of hydrogen-bond acceptors (Lipinski definition) is 5. The Labute approximate surface area is 226 Å². The van der Waals surface area contributed by atoms with Crippen molar-refractivity contribution in [2.75, 3.05) is 13.7 Å². The SMILES string of the molecule is C.C.CC(C)(C)c1cnccn1.CCC(C)(C)C.COCC(C)(C)C.Cc1cnc(C(C)(C)C)cn1. The van der Waals surface area contributed by atoms with Crippen molar-refractivity contribution in [2.24, 2.45) is 10.8 Å². The van der Waals surface area contributed by atoms with Gasteiger partial charge in [0.2, 0.25) is 0 Å². The summed E-state index contributed by atoms with van der Waals surface area (Å²) in [4.78, 5) is 16.6. The van der Waals surface area contributed by atoms with Crippen LogP contribution in [0.4, 0.5) is 0 Å². The highest BCUT2D eigenvalue weighted by Crippen LogP contribution is 2.19. The van der Waals surface area contributed by atoms with E-state index in [1.54, 1.807) is 31.9 Å². The molecule has 36 heavy (non-hydrogen) atoms. The van der Waals surface area contributed by atoms with E-state index in [2.05, 4.69) is 110 Å². The standard InChI is InChI=1S/C9H14N2.C8H12N2.C6H14O.C6H14.2CH4/c1-7-5-11-8(6-10-7)9(2,3)4;1-8(2,3)7-6-9-4-5-10-7;1-6(2,3)5-7-4;1-5-6(2,3)4;;/h5-6H,1-4H3;4-6H,1-3H3;5H2,1-4H3;5H2,1-4H3;2*1H4. The molecule has 2 heterocycles. The van der Waals surface area contributed by atoms with Gasteiger partial charge in [0.15, 0.2) is 0 Å². The van der Waals surface area contributed by atoms with E-state index in [9.17, 15) is 0 Å². The van der Waals surface area contributed by atoms with Gasteiger partial charge in [-0.3, -0.25) is 19.9 Å².